The Morgan fingerprint density at radius 2 is 2.09 bits per heavy atom. The fraction of sp³-hybridized carbons (Fsp3) is 0.500. The Hall–Kier alpha value is -1.31. The number of alkyl halides is 3. The van der Waals surface area contributed by atoms with Crippen LogP contribution in [-0.2, 0) is 15.7 Å². The van der Waals surface area contributed by atoms with Gasteiger partial charge in [0.15, 0.2) is 0 Å². The molecule has 1 aromatic carbocycles. The van der Waals surface area contributed by atoms with E-state index >= 15 is 0 Å². The summed E-state index contributed by atoms with van der Waals surface area (Å²) in [6.07, 6.45) is -4.77. The van der Waals surface area contributed by atoms with Crippen molar-refractivity contribution in [2.75, 3.05) is 18.5 Å². The lowest BCUT2D eigenvalue weighted by molar-refractivity contribution is -0.138. The number of amides is 1. The van der Waals surface area contributed by atoms with Gasteiger partial charge in [-0.2, -0.15) is 13.2 Å². The highest BCUT2D eigenvalue weighted by Crippen LogP contribution is 2.33. The Labute approximate surface area is 132 Å². The molecule has 1 heterocycles. The molecule has 2 atom stereocenters. The second kappa shape index (κ2) is 7.30. The molecule has 0 aromatic heterocycles. The van der Waals surface area contributed by atoms with E-state index in [-0.39, 0.29) is 29.8 Å². The van der Waals surface area contributed by atoms with E-state index in [2.05, 4.69) is 10.6 Å². The lowest BCUT2D eigenvalue weighted by atomic mass is 10.1. The highest BCUT2D eigenvalue weighted by molar-refractivity contribution is 5.95. The molecular formula is C14H18ClF3N2O2. The summed E-state index contributed by atoms with van der Waals surface area (Å²) in [6.45, 7) is 4.16. The molecule has 124 valence electrons. The lowest BCUT2D eigenvalue weighted by Gasteiger charge is -2.29. The number of aryl methyl sites for hydroxylation is 1. The van der Waals surface area contributed by atoms with Gasteiger partial charge in [0.2, 0.25) is 5.91 Å². The maximum absolute atomic E-state index is 12.8. The first-order chi connectivity index (χ1) is 9.79. The molecule has 2 rings (SSSR count). The number of rotatable bonds is 2. The summed E-state index contributed by atoms with van der Waals surface area (Å²) in [7, 11) is 0. The average molecular weight is 339 g/mol. The van der Waals surface area contributed by atoms with Gasteiger partial charge in [0.1, 0.15) is 6.04 Å². The van der Waals surface area contributed by atoms with E-state index < -0.39 is 23.7 Å². The zero-order chi connectivity index (χ0) is 15.6. The van der Waals surface area contributed by atoms with Gasteiger partial charge in [0.25, 0.3) is 0 Å². The van der Waals surface area contributed by atoms with Crippen LogP contribution in [0.15, 0.2) is 18.2 Å². The third-order valence-electron chi connectivity index (χ3n) is 3.41. The summed E-state index contributed by atoms with van der Waals surface area (Å²) in [4.78, 5) is 12.1. The quantitative estimate of drug-likeness (QED) is 0.872. The van der Waals surface area contributed by atoms with E-state index in [1.165, 1.54) is 19.1 Å². The number of morpholine rings is 1. The number of carbonyl (C=O) groups excluding carboxylic acids is 1. The predicted octanol–water partition coefficient (Wildman–Crippen LogP) is 2.75. The SMILES string of the molecule is Cc1ccc(NC(=O)[C@H]2NCCO[C@@H]2C)cc1C(F)(F)F.Cl. The third-order valence-corrected chi connectivity index (χ3v) is 3.41. The Bertz CT molecular complexity index is 537. The standard InChI is InChI=1S/C14H17F3N2O2.ClH/c1-8-3-4-10(7-11(8)14(15,16)17)19-13(20)12-9(2)21-6-5-18-12;/h3-4,7,9,12,18H,5-6H2,1-2H3,(H,19,20);1H/t9-,12+;/m1./s1. The minimum absolute atomic E-state index is 0. The number of halogens is 4. The van der Waals surface area contributed by atoms with Crippen LogP contribution in [0.5, 0.6) is 0 Å². The summed E-state index contributed by atoms with van der Waals surface area (Å²) in [5.74, 6) is -0.404. The molecule has 1 saturated heterocycles. The summed E-state index contributed by atoms with van der Waals surface area (Å²) in [6, 6.07) is 3.17. The zero-order valence-electron chi connectivity index (χ0n) is 12.2. The number of anilines is 1. The first kappa shape index (κ1) is 18.7. The average Bonchev–Trinajstić information content (AvgIpc) is 2.40. The molecule has 1 amide bonds. The van der Waals surface area contributed by atoms with Crippen molar-refractivity contribution in [3.63, 3.8) is 0 Å². The van der Waals surface area contributed by atoms with Crippen molar-refractivity contribution >= 4 is 24.0 Å². The van der Waals surface area contributed by atoms with Crippen LogP contribution < -0.4 is 10.6 Å². The van der Waals surface area contributed by atoms with Gasteiger partial charge in [-0.1, -0.05) is 6.07 Å². The Balaban J connectivity index is 0.00000242. The van der Waals surface area contributed by atoms with Gasteiger partial charge >= 0.3 is 6.18 Å². The minimum Gasteiger partial charge on any atom is -0.375 e. The highest BCUT2D eigenvalue weighted by Gasteiger charge is 2.33. The molecule has 1 aliphatic rings. The van der Waals surface area contributed by atoms with Crippen molar-refractivity contribution in [2.24, 2.45) is 0 Å². The van der Waals surface area contributed by atoms with Crippen molar-refractivity contribution in [3.05, 3.63) is 29.3 Å². The second-order valence-corrected chi connectivity index (χ2v) is 5.02. The zero-order valence-corrected chi connectivity index (χ0v) is 13.0. The molecular weight excluding hydrogens is 321 g/mol. The summed E-state index contributed by atoms with van der Waals surface area (Å²) in [5, 5.41) is 5.49. The molecule has 4 nitrogen and oxygen atoms in total. The molecule has 0 aliphatic carbocycles. The fourth-order valence-electron chi connectivity index (χ4n) is 2.25. The van der Waals surface area contributed by atoms with Crippen LogP contribution in [0.1, 0.15) is 18.1 Å². The molecule has 1 aromatic rings. The Kier molecular flexibility index (Phi) is 6.22. The van der Waals surface area contributed by atoms with Gasteiger partial charge in [0, 0.05) is 12.2 Å². The van der Waals surface area contributed by atoms with Crippen LogP contribution in [0.25, 0.3) is 0 Å². The van der Waals surface area contributed by atoms with E-state index in [1.807, 2.05) is 0 Å². The van der Waals surface area contributed by atoms with Crippen molar-refractivity contribution in [1.82, 2.24) is 5.32 Å². The number of nitrogens with one attached hydrogen (secondary N) is 2. The van der Waals surface area contributed by atoms with E-state index in [9.17, 15) is 18.0 Å². The molecule has 1 fully saturated rings. The predicted molar refractivity (Wildman–Crippen MR) is 79.3 cm³/mol. The summed E-state index contributed by atoms with van der Waals surface area (Å²) in [5.41, 5.74) is -0.508. The van der Waals surface area contributed by atoms with Crippen molar-refractivity contribution in [3.8, 4) is 0 Å². The first-order valence-electron chi connectivity index (χ1n) is 6.63. The molecule has 22 heavy (non-hydrogen) atoms. The van der Waals surface area contributed by atoms with Crippen LogP contribution >= 0.6 is 12.4 Å². The molecule has 8 heteroatoms. The van der Waals surface area contributed by atoms with Gasteiger partial charge < -0.3 is 15.4 Å². The van der Waals surface area contributed by atoms with Crippen LogP contribution in [0.3, 0.4) is 0 Å². The van der Waals surface area contributed by atoms with E-state index in [0.29, 0.717) is 13.2 Å². The monoisotopic (exact) mass is 338 g/mol. The Morgan fingerprint density at radius 1 is 1.41 bits per heavy atom. The molecule has 0 bridgehead atoms. The van der Waals surface area contributed by atoms with E-state index in [1.54, 1.807) is 6.92 Å². The van der Waals surface area contributed by atoms with Crippen molar-refractivity contribution < 1.29 is 22.7 Å². The summed E-state index contributed by atoms with van der Waals surface area (Å²) >= 11 is 0. The van der Waals surface area contributed by atoms with Crippen LogP contribution in [-0.4, -0.2) is 31.2 Å². The van der Waals surface area contributed by atoms with Crippen molar-refractivity contribution in [1.29, 1.82) is 0 Å². The van der Waals surface area contributed by atoms with Gasteiger partial charge in [-0.25, -0.2) is 0 Å². The third kappa shape index (κ3) is 4.34. The Morgan fingerprint density at radius 3 is 2.68 bits per heavy atom. The van der Waals surface area contributed by atoms with Gasteiger partial charge in [-0.15, -0.1) is 12.4 Å². The molecule has 0 unspecified atom stereocenters. The second-order valence-electron chi connectivity index (χ2n) is 5.02. The van der Waals surface area contributed by atoms with Gasteiger partial charge in [-0.3, -0.25) is 4.79 Å². The maximum atomic E-state index is 12.8. The topological polar surface area (TPSA) is 50.4 Å². The van der Waals surface area contributed by atoms with Gasteiger partial charge in [-0.05, 0) is 31.5 Å². The summed E-state index contributed by atoms with van der Waals surface area (Å²) < 4.78 is 43.9. The van der Waals surface area contributed by atoms with E-state index in [4.69, 9.17) is 4.74 Å². The van der Waals surface area contributed by atoms with Gasteiger partial charge in [0.05, 0.1) is 18.3 Å². The number of carbonyl (C=O) groups is 1. The maximum Gasteiger partial charge on any atom is 0.416 e. The largest absolute Gasteiger partial charge is 0.416 e. The molecule has 0 saturated carbocycles. The lowest BCUT2D eigenvalue weighted by Crippen LogP contribution is -2.53. The number of hydrogen-bond donors (Lipinski definition) is 2. The molecule has 0 radical (unpaired) electrons. The molecule has 1 aliphatic heterocycles. The molecule has 0 spiro atoms. The minimum atomic E-state index is -4.44. The smallest absolute Gasteiger partial charge is 0.375 e. The first-order valence-corrected chi connectivity index (χ1v) is 6.63. The van der Waals surface area contributed by atoms with Crippen molar-refractivity contribution in [2.45, 2.75) is 32.2 Å². The fourth-order valence-corrected chi connectivity index (χ4v) is 2.25. The number of hydrogen-bond acceptors (Lipinski definition) is 3. The van der Waals surface area contributed by atoms with Crippen LogP contribution in [0.2, 0.25) is 0 Å². The van der Waals surface area contributed by atoms with Crippen LogP contribution in [0, 0.1) is 6.92 Å². The van der Waals surface area contributed by atoms with Crippen LogP contribution in [0.4, 0.5) is 18.9 Å². The number of benzene rings is 1. The highest BCUT2D eigenvalue weighted by atomic mass is 35.5. The molecule has 2 N–H and O–H groups in total. The van der Waals surface area contributed by atoms with E-state index in [0.717, 1.165) is 6.07 Å². The normalized spacial score (nSPS) is 21.9. The number of ether oxygens (including phenoxy) is 1.